The van der Waals surface area contributed by atoms with Gasteiger partial charge in [-0.1, -0.05) is 23.8 Å². The van der Waals surface area contributed by atoms with Gasteiger partial charge in [0.1, 0.15) is 10.6 Å². The third kappa shape index (κ3) is 3.68. The van der Waals surface area contributed by atoms with Crippen molar-refractivity contribution >= 4 is 42.3 Å². The summed E-state index contributed by atoms with van der Waals surface area (Å²) in [5.74, 6) is -0.511. The van der Waals surface area contributed by atoms with Crippen LogP contribution in [-0.4, -0.2) is 26.5 Å². The van der Waals surface area contributed by atoms with Gasteiger partial charge in [-0.2, -0.15) is 8.42 Å². The molecule has 0 unspecified atom stereocenters. The Balaban J connectivity index is 2.14. The maximum atomic E-state index is 12.5. The molecular weight excluding hydrogens is 392 g/mol. The van der Waals surface area contributed by atoms with Crippen LogP contribution in [0.4, 0.5) is 11.4 Å². The van der Waals surface area contributed by atoms with Gasteiger partial charge in [-0.25, -0.2) is 8.42 Å². The molecule has 5 N–H and O–H groups in total. The molecule has 8 nitrogen and oxygen atoms in total. The van der Waals surface area contributed by atoms with Crippen LogP contribution in [0.15, 0.2) is 58.3 Å². The minimum atomic E-state index is -4.68. The van der Waals surface area contributed by atoms with E-state index in [1.54, 1.807) is 12.1 Å². The first-order valence-corrected chi connectivity index (χ1v) is 10.5. The van der Waals surface area contributed by atoms with Gasteiger partial charge in [0.05, 0.1) is 10.6 Å². The third-order valence-electron chi connectivity index (χ3n) is 3.98. The average Bonchev–Trinajstić information content (AvgIpc) is 2.57. The fourth-order valence-electron chi connectivity index (χ4n) is 2.61. The largest absolute Gasteiger partial charge is 0.506 e. The zero-order valence-electron chi connectivity index (χ0n) is 14.0. The van der Waals surface area contributed by atoms with Crippen molar-refractivity contribution < 1.29 is 26.5 Å². The highest BCUT2D eigenvalue weighted by atomic mass is 32.2. The zero-order valence-corrected chi connectivity index (χ0v) is 15.7. The van der Waals surface area contributed by atoms with Crippen LogP contribution in [0.25, 0.3) is 10.8 Å². The summed E-state index contributed by atoms with van der Waals surface area (Å²) in [6.07, 6.45) is 0. The highest BCUT2D eigenvalue weighted by Gasteiger charge is 2.20. The number of aromatic hydroxyl groups is 1. The van der Waals surface area contributed by atoms with Crippen molar-refractivity contribution in [3.05, 3.63) is 54.1 Å². The van der Waals surface area contributed by atoms with Crippen molar-refractivity contribution in [2.24, 2.45) is 0 Å². The highest BCUT2D eigenvalue weighted by molar-refractivity contribution is 7.92. The lowest BCUT2D eigenvalue weighted by Crippen LogP contribution is -2.13. The molecule has 10 heteroatoms. The molecule has 0 amide bonds. The second-order valence-corrected chi connectivity index (χ2v) is 9.03. The Bertz CT molecular complexity index is 1250. The number of anilines is 2. The van der Waals surface area contributed by atoms with E-state index in [0.717, 1.165) is 11.6 Å². The van der Waals surface area contributed by atoms with E-state index in [0.29, 0.717) is 0 Å². The molecule has 0 fully saturated rings. The van der Waals surface area contributed by atoms with Gasteiger partial charge >= 0.3 is 0 Å². The number of aryl methyl sites for hydroxylation is 1. The lowest BCUT2D eigenvalue weighted by atomic mass is 10.1. The molecule has 0 aliphatic carbocycles. The van der Waals surface area contributed by atoms with E-state index in [2.05, 4.69) is 4.72 Å². The minimum Gasteiger partial charge on any atom is -0.506 e. The summed E-state index contributed by atoms with van der Waals surface area (Å²) in [6, 6.07) is 10.9. The lowest BCUT2D eigenvalue weighted by Gasteiger charge is -2.12. The number of benzene rings is 3. The first-order chi connectivity index (χ1) is 12.5. The zero-order chi connectivity index (χ0) is 20.0. The van der Waals surface area contributed by atoms with Crippen molar-refractivity contribution in [1.82, 2.24) is 0 Å². The van der Waals surface area contributed by atoms with E-state index in [-0.39, 0.29) is 27.0 Å². The number of hydrogen-bond acceptors (Lipinski definition) is 6. The number of phenols is 1. The first kappa shape index (κ1) is 19.0. The molecule has 27 heavy (non-hydrogen) atoms. The first-order valence-electron chi connectivity index (χ1n) is 7.61. The Hall–Kier alpha value is -2.82. The molecule has 3 aromatic carbocycles. The minimum absolute atomic E-state index is 0.0306. The van der Waals surface area contributed by atoms with E-state index in [9.17, 15) is 26.5 Å². The molecule has 0 aliphatic rings. The Kier molecular flexibility index (Phi) is 4.50. The Labute approximate surface area is 156 Å². The summed E-state index contributed by atoms with van der Waals surface area (Å²) in [5.41, 5.74) is 6.62. The molecular formula is C17H16N2O6S2. The number of fused-ring (bicyclic) bond motifs is 1. The molecule has 0 spiro atoms. The Morgan fingerprint density at radius 2 is 1.56 bits per heavy atom. The molecule has 0 aromatic heterocycles. The van der Waals surface area contributed by atoms with Crippen LogP contribution in [0.3, 0.4) is 0 Å². The van der Waals surface area contributed by atoms with Crippen molar-refractivity contribution in [2.45, 2.75) is 16.7 Å². The standard InChI is InChI=1S/C17H16N2O6S2/c1-10-2-5-12(6-3-10)26(21,22)19-11-4-7-13-14(8-11)16(27(23,24)25)9-15(20)17(13)18/h2-9,19-20H,18H2,1H3,(H,23,24,25). The maximum absolute atomic E-state index is 12.5. The number of rotatable bonds is 4. The fraction of sp³-hybridized carbons (Fsp3) is 0.0588. The van der Waals surface area contributed by atoms with Crippen LogP contribution in [0.1, 0.15) is 5.56 Å². The van der Waals surface area contributed by atoms with Gasteiger partial charge in [0.15, 0.2) is 0 Å². The Morgan fingerprint density at radius 3 is 2.15 bits per heavy atom. The molecule has 142 valence electrons. The predicted molar refractivity (Wildman–Crippen MR) is 102 cm³/mol. The van der Waals surface area contributed by atoms with Crippen LogP contribution in [0.2, 0.25) is 0 Å². The van der Waals surface area contributed by atoms with Gasteiger partial charge in [-0.3, -0.25) is 9.27 Å². The summed E-state index contributed by atoms with van der Waals surface area (Å²) < 4.78 is 60.0. The van der Waals surface area contributed by atoms with Crippen LogP contribution in [0, 0.1) is 6.92 Å². The van der Waals surface area contributed by atoms with Crippen molar-refractivity contribution in [3.8, 4) is 5.75 Å². The highest BCUT2D eigenvalue weighted by Crippen LogP contribution is 2.36. The van der Waals surface area contributed by atoms with E-state index < -0.39 is 30.8 Å². The SMILES string of the molecule is Cc1ccc(S(=O)(=O)Nc2ccc3c(N)c(O)cc(S(=O)(=O)O)c3c2)cc1. The quantitative estimate of drug-likeness (QED) is 0.294. The van der Waals surface area contributed by atoms with Gasteiger partial charge in [0.25, 0.3) is 20.1 Å². The van der Waals surface area contributed by atoms with Gasteiger partial charge in [0.2, 0.25) is 0 Å². The van der Waals surface area contributed by atoms with E-state index >= 15 is 0 Å². The number of nitrogens with two attached hydrogens (primary N) is 1. The van der Waals surface area contributed by atoms with Crippen molar-refractivity contribution in [3.63, 3.8) is 0 Å². The number of sulfonamides is 1. The predicted octanol–water partition coefficient (Wildman–Crippen LogP) is 2.48. The van der Waals surface area contributed by atoms with E-state index in [1.807, 2.05) is 6.92 Å². The van der Waals surface area contributed by atoms with Crippen LogP contribution in [-0.2, 0) is 20.1 Å². The molecule has 0 radical (unpaired) electrons. The smallest absolute Gasteiger partial charge is 0.295 e. The van der Waals surface area contributed by atoms with Crippen molar-refractivity contribution in [1.29, 1.82) is 0 Å². The molecule has 0 saturated carbocycles. The molecule has 0 atom stereocenters. The second-order valence-electron chi connectivity index (χ2n) is 5.96. The lowest BCUT2D eigenvalue weighted by molar-refractivity contribution is 0.470. The Morgan fingerprint density at radius 1 is 0.926 bits per heavy atom. The third-order valence-corrected chi connectivity index (χ3v) is 6.27. The monoisotopic (exact) mass is 408 g/mol. The molecule has 0 aliphatic heterocycles. The summed E-state index contributed by atoms with van der Waals surface area (Å²) in [5, 5.41) is 9.90. The summed E-state index contributed by atoms with van der Waals surface area (Å²) in [7, 11) is -8.59. The average molecular weight is 408 g/mol. The van der Waals surface area contributed by atoms with Crippen molar-refractivity contribution in [2.75, 3.05) is 10.5 Å². The molecule has 0 saturated heterocycles. The van der Waals surface area contributed by atoms with E-state index in [1.165, 1.54) is 30.3 Å². The van der Waals surface area contributed by atoms with Crippen LogP contribution < -0.4 is 10.5 Å². The molecule has 3 aromatic rings. The van der Waals surface area contributed by atoms with Crippen LogP contribution >= 0.6 is 0 Å². The van der Waals surface area contributed by atoms with Gasteiger partial charge < -0.3 is 10.8 Å². The number of nitrogens with one attached hydrogen (secondary N) is 1. The van der Waals surface area contributed by atoms with Crippen LogP contribution in [0.5, 0.6) is 5.75 Å². The molecule has 3 rings (SSSR count). The number of hydrogen-bond donors (Lipinski definition) is 4. The maximum Gasteiger partial charge on any atom is 0.295 e. The fourth-order valence-corrected chi connectivity index (χ4v) is 4.37. The van der Waals surface area contributed by atoms with E-state index in [4.69, 9.17) is 5.73 Å². The van der Waals surface area contributed by atoms with Gasteiger partial charge in [0, 0.05) is 22.5 Å². The molecule has 0 bridgehead atoms. The topological polar surface area (TPSA) is 147 Å². The molecule has 0 heterocycles. The second kappa shape index (κ2) is 6.41. The van der Waals surface area contributed by atoms with Gasteiger partial charge in [-0.15, -0.1) is 0 Å². The number of phenolic OH excluding ortho intramolecular Hbond substituents is 1. The number of nitrogen functional groups attached to an aromatic ring is 1. The summed E-state index contributed by atoms with van der Waals surface area (Å²) >= 11 is 0. The normalized spacial score (nSPS) is 12.2. The summed E-state index contributed by atoms with van der Waals surface area (Å²) in [6.45, 7) is 1.82. The van der Waals surface area contributed by atoms with Gasteiger partial charge in [-0.05, 0) is 31.2 Å². The summed E-state index contributed by atoms with van der Waals surface area (Å²) in [4.78, 5) is -0.547.